The molecule has 5 nitrogen and oxygen atoms in total. The molecule has 0 fully saturated rings. The zero-order valence-electron chi connectivity index (χ0n) is 6.11. The Morgan fingerprint density at radius 3 is 2.92 bits per heavy atom. The average molecular weight is 162 g/mol. The Morgan fingerprint density at radius 1 is 1.33 bits per heavy atom. The molecule has 60 valence electrons. The molecule has 0 bridgehead atoms. The molecule has 0 radical (unpaired) electrons. The molecule has 0 aliphatic heterocycles. The van der Waals surface area contributed by atoms with Crippen LogP contribution in [0.4, 0.5) is 0 Å². The van der Waals surface area contributed by atoms with Crippen molar-refractivity contribution in [2.75, 3.05) is 0 Å². The number of aromatic nitrogens is 4. The van der Waals surface area contributed by atoms with Gasteiger partial charge in [-0.2, -0.15) is 10.2 Å². The highest BCUT2D eigenvalue weighted by molar-refractivity contribution is 5.84. The van der Waals surface area contributed by atoms with Gasteiger partial charge in [0.2, 0.25) is 0 Å². The van der Waals surface area contributed by atoms with E-state index in [1.165, 1.54) is 6.20 Å². The Hall–Kier alpha value is -1.91. The first-order chi connectivity index (χ1) is 5.92. The average Bonchev–Trinajstić information content (AvgIpc) is 2.74. The Labute approximate surface area is 67.8 Å². The van der Waals surface area contributed by atoms with E-state index in [9.17, 15) is 4.79 Å². The number of rotatable bonds is 2. The fourth-order valence-corrected chi connectivity index (χ4v) is 1.00. The summed E-state index contributed by atoms with van der Waals surface area (Å²) < 4.78 is 0. The summed E-state index contributed by atoms with van der Waals surface area (Å²) in [5.41, 5.74) is 2.06. The van der Waals surface area contributed by atoms with E-state index >= 15 is 0 Å². The van der Waals surface area contributed by atoms with E-state index < -0.39 is 0 Å². The highest BCUT2D eigenvalue weighted by Gasteiger charge is 2.06. The Morgan fingerprint density at radius 2 is 2.25 bits per heavy atom. The monoisotopic (exact) mass is 162 g/mol. The molecule has 0 atom stereocenters. The fourth-order valence-electron chi connectivity index (χ4n) is 1.00. The second kappa shape index (κ2) is 2.61. The van der Waals surface area contributed by atoms with Gasteiger partial charge in [-0.1, -0.05) is 0 Å². The summed E-state index contributed by atoms with van der Waals surface area (Å²) in [7, 11) is 0. The van der Waals surface area contributed by atoms with Gasteiger partial charge in [-0.15, -0.1) is 0 Å². The molecular weight excluding hydrogens is 156 g/mol. The molecular formula is C7H6N4O. The minimum Gasteiger partial charge on any atom is -0.298 e. The van der Waals surface area contributed by atoms with E-state index in [-0.39, 0.29) is 0 Å². The second-order valence-electron chi connectivity index (χ2n) is 2.31. The molecule has 2 aromatic rings. The second-order valence-corrected chi connectivity index (χ2v) is 2.31. The van der Waals surface area contributed by atoms with Gasteiger partial charge in [-0.3, -0.25) is 15.0 Å². The lowest BCUT2D eigenvalue weighted by Gasteiger charge is -1.89. The van der Waals surface area contributed by atoms with Crippen molar-refractivity contribution in [1.82, 2.24) is 20.4 Å². The third-order valence-electron chi connectivity index (χ3n) is 1.58. The SMILES string of the molecule is O=Cc1cn[nH]c1-c1cn[nH]c1. The van der Waals surface area contributed by atoms with E-state index in [4.69, 9.17) is 0 Å². The maximum absolute atomic E-state index is 10.5. The zero-order chi connectivity index (χ0) is 8.39. The van der Waals surface area contributed by atoms with Crippen LogP contribution in [0, 0.1) is 0 Å². The largest absolute Gasteiger partial charge is 0.298 e. The minimum absolute atomic E-state index is 0.538. The van der Waals surface area contributed by atoms with Gasteiger partial charge in [0.15, 0.2) is 6.29 Å². The maximum Gasteiger partial charge on any atom is 0.153 e. The van der Waals surface area contributed by atoms with Crippen LogP contribution in [-0.4, -0.2) is 26.7 Å². The quantitative estimate of drug-likeness (QED) is 0.635. The molecule has 0 saturated carbocycles. The van der Waals surface area contributed by atoms with Gasteiger partial charge < -0.3 is 0 Å². The molecule has 12 heavy (non-hydrogen) atoms. The van der Waals surface area contributed by atoms with E-state index in [0.29, 0.717) is 11.3 Å². The molecule has 2 N–H and O–H groups in total. The first-order valence-corrected chi connectivity index (χ1v) is 3.39. The number of H-pyrrole nitrogens is 2. The van der Waals surface area contributed by atoms with Gasteiger partial charge in [0.1, 0.15) is 0 Å². The lowest BCUT2D eigenvalue weighted by Crippen LogP contribution is -1.80. The van der Waals surface area contributed by atoms with E-state index in [0.717, 1.165) is 11.8 Å². The predicted octanol–water partition coefficient (Wildman–Crippen LogP) is 0.612. The molecule has 2 aromatic heterocycles. The third kappa shape index (κ3) is 0.914. The molecule has 0 unspecified atom stereocenters. The molecule has 2 heterocycles. The number of aldehydes is 1. The van der Waals surface area contributed by atoms with Crippen molar-refractivity contribution in [2.45, 2.75) is 0 Å². The number of carbonyl (C=O) groups is 1. The number of hydrogen-bond donors (Lipinski definition) is 2. The van der Waals surface area contributed by atoms with Crippen molar-refractivity contribution in [3.63, 3.8) is 0 Å². The van der Waals surface area contributed by atoms with Crippen molar-refractivity contribution in [1.29, 1.82) is 0 Å². The Kier molecular flexibility index (Phi) is 1.48. The number of nitrogens with zero attached hydrogens (tertiary/aromatic N) is 2. The molecule has 0 aliphatic rings. The smallest absolute Gasteiger partial charge is 0.153 e. The van der Waals surface area contributed by atoms with Gasteiger partial charge in [0.05, 0.1) is 23.7 Å². The van der Waals surface area contributed by atoms with Gasteiger partial charge >= 0.3 is 0 Å². The fraction of sp³-hybridized carbons (Fsp3) is 0. The van der Waals surface area contributed by atoms with Crippen LogP contribution >= 0.6 is 0 Å². The van der Waals surface area contributed by atoms with Crippen molar-refractivity contribution in [3.05, 3.63) is 24.2 Å². The van der Waals surface area contributed by atoms with E-state index in [2.05, 4.69) is 20.4 Å². The summed E-state index contributed by atoms with van der Waals surface area (Å²) in [6.07, 6.45) is 5.56. The Bertz CT molecular complexity index is 376. The number of aromatic amines is 2. The van der Waals surface area contributed by atoms with Crippen LogP contribution in [0.2, 0.25) is 0 Å². The predicted molar refractivity (Wildman–Crippen MR) is 41.6 cm³/mol. The third-order valence-corrected chi connectivity index (χ3v) is 1.58. The summed E-state index contributed by atoms with van der Waals surface area (Å²) in [6.45, 7) is 0. The Balaban J connectivity index is 2.53. The zero-order valence-corrected chi connectivity index (χ0v) is 6.11. The topological polar surface area (TPSA) is 74.4 Å². The van der Waals surface area contributed by atoms with E-state index in [1.807, 2.05) is 0 Å². The highest BCUT2D eigenvalue weighted by Crippen LogP contribution is 2.17. The van der Waals surface area contributed by atoms with Crippen molar-refractivity contribution < 1.29 is 4.79 Å². The van der Waals surface area contributed by atoms with Crippen molar-refractivity contribution >= 4 is 6.29 Å². The lowest BCUT2D eigenvalue weighted by molar-refractivity contribution is 0.112. The van der Waals surface area contributed by atoms with Gasteiger partial charge in [0.25, 0.3) is 0 Å². The van der Waals surface area contributed by atoms with Crippen LogP contribution in [0.5, 0.6) is 0 Å². The van der Waals surface area contributed by atoms with Crippen LogP contribution in [0.15, 0.2) is 18.6 Å². The molecule has 2 rings (SSSR count). The van der Waals surface area contributed by atoms with Crippen LogP contribution < -0.4 is 0 Å². The number of nitrogens with one attached hydrogen (secondary N) is 2. The summed E-state index contributed by atoms with van der Waals surface area (Å²) in [5.74, 6) is 0. The lowest BCUT2D eigenvalue weighted by atomic mass is 10.2. The summed E-state index contributed by atoms with van der Waals surface area (Å²) in [5, 5.41) is 12.9. The number of carbonyl (C=O) groups excluding carboxylic acids is 1. The summed E-state index contributed by atoms with van der Waals surface area (Å²) in [4.78, 5) is 10.5. The summed E-state index contributed by atoms with van der Waals surface area (Å²) in [6, 6.07) is 0. The van der Waals surface area contributed by atoms with Crippen molar-refractivity contribution in [3.8, 4) is 11.3 Å². The minimum atomic E-state index is 0.538. The van der Waals surface area contributed by atoms with Crippen LogP contribution in [0.1, 0.15) is 10.4 Å². The first kappa shape index (κ1) is 6.78. The van der Waals surface area contributed by atoms with Crippen LogP contribution in [-0.2, 0) is 0 Å². The molecule has 0 saturated heterocycles. The normalized spacial score (nSPS) is 10.0. The molecule has 0 spiro atoms. The molecule has 0 aromatic carbocycles. The van der Waals surface area contributed by atoms with Gasteiger partial charge in [-0.05, 0) is 0 Å². The van der Waals surface area contributed by atoms with Gasteiger partial charge in [-0.25, -0.2) is 0 Å². The summed E-state index contributed by atoms with van der Waals surface area (Å²) >= 11 is 0. The van der Waals surface area contributed by atoms with E-state index in [1.54, 1.807) is 12.4 Å². The van der Waals surface area contributed by atoms with Crippen molar-refractivity contribution in [2.24, 2.45) is 0 Å². The van der Waals surface area contributed by atoms with Crippen LogP contribution in [0.25, 0.3) is 11.3 Å². The maximum atomic E-state index is 10.5. The number of hydrogen-bond acceptors (Lipinski definition) is 3. The molecule has 5 heteroatoms. The highest BCUT2D eigenvalue weighted by atomic mass is 16.1. The molecule has 0 amide bonds. The van der Waals surface area contributed by atoms with Gasteiger partial charge in [0, 0.05) is 11.8 Å². The standard InChI is InChI=1S/C7H6N4O/c12-4-6-3-10-11-7(6)5-1-8-9-2-5/h1-4H,(H,8,9)(H,10,11). The molecule has 0 aliphatic carbocycles. The first-order valence-electron chi connectivity index (χ1n) is 3.39. The van der Waals surface area contributed by atoms with Crippen LogP contribution in [0.3, 0.4) is 0 Å².